The number of fused-ring (bicyclic) bond motifs is 13. The first-order chi connectivity index (χ1) is 18.9. The van der Waals surface area contributed by atoms with Gasteiger partial charge in [0.15, 0.2) is 0 Å². The van der Waals surface area contributed by atoms with E-state index in [1.807, 2.05) is 11.3 Å². The molecule has 1 unspecified atom stereocenters. The molecule has 38 heavy (non-hydrogen) atoms. The van der Waals surface area contributed by atoms with Gasteiger partial charge in [-0.25, -0.2) is 0 Å². The zero-order valence-electron chi connectivity index (χ0n) is 20.7. The molecule has 0 N–H and O–H groups in total. The third-order valence-corrected chi connectivity index (χ3v) is 9.70. The lowest BCUT2D eigenvalue weighted by Crippen LogP contribution is -2.10. The first kappa shape index (κ1) is 20.6. The molecule has 9 rings (SSSR count). The molecule has 5 aromatic carbocycles. The number of hydrogen-bond acceptors (Lipinski definition) is 1. The Labute approximate surface area is 223 Å². The SMILES string of the molecule is C1=CC2=CC=C(n3c4ccccc4c4c5ccc6c7ccccc7sc6c5c5ccccc5c43)CC2C=C1. The second kappa shape index (κ2) is 7.56. The van der Waals surface area contributed by atoms with Crippen LogP contribution >= 0.6 is 11.3 Å². The smallest absolute Gasteiger partial charge is 0.0622 e. The monoisotopic (exact) mass is 501 g/mol. The van der Waals surface area contributed by atoms with Gasteiger partial charge in [0, 0.05) is 53.3 Å². The average molecular weight is 502 g/mol. The second-order valence-electron chi connectivity index (χ2n) is 10.5. The van der Waals surface area contributed by atoms with Crippen molar-refractivity contribution in [2.45, 2.75) is 6.42 Å². The fraction of sp³-hybridized carbons (Fsp3) is 0.0556. The van der Waals surface area contributed by atoms with Crippen LogP contribution in [0.2, 0.25) is 0 Å². The number of rotatable bonds is 1. The Morgan fingerprint density at radius 1 is 0.632 bits per heavy atom. The topological polar surface area (TPSA) is 4.93 Å². The molecule has 0 fully saturated rings. The van der Waals surface area contributed by atoms with Crippen molar-refractivity contribution in [2.24, 2.45) is 5.92 Å². The lowest BCUT2D eigenvalue weighted by molar-refractivity contribution is 0.770. The molecule has 2 aromatic heterocycles. The van der Waals surface area contributed by atoms with Gasteiger partial charge in [-0.1, -0.05) is 103 Å². The maximum Gasteiger partial charge on any atom is 0.0622 e. The summed E-state index contributed by atoms with van der Waals surface area (Å²) in [4.78, 5) is 0. The van der Waals surface area contributed by atoms with E-state index in [1.165, 1.54) is 74.8 Å². The number of nitrogens with zero attached hydrogens (tertiary/aromatic N) is 1. The van der Waals surface area contributed by atoms with Gasteiger partial charge in [-0.3, -0.25) is 0 Å². The first-order valence-electron chi connectivity index (χ1n) is 13.3. The van der Waals surface area contributed by atoms with Gasteiger partial charge in [-0.05, 0) is 41.0 Å². The molecular formula is C36H23NS. The van der Waals surface area contributed by atoms with Gasteiger partial charge in [0.25, 0.3) is 0 Å². The normalized spacial score (nSPS) is 17.2. The largest absolute Gasteiger partial charge is 0.312 e. The van der Waals surface area contributed by atoms with Crippen LogP contribution in [0.5, 0.6) is 0 Å². The van der Waals surface area contributed by atoms with E-state index in [9.17, 15) is 0 Å². The van der Waals surface area contributed by atoms with E-state index >= 15 is 0 Å². The highest BCUT2D eigenvalue weighted by Gasteiger charge is 2.24. The molecule has 2 heterocycles. The molecule has 0 radical (unpaired) electrons. The lowest BCUT2D eigenvalue weighted by atomic mass is 9.86. The van der Waals surface area contributed by atoms with Gasteiger partial charge in [0.1, 0.15) is 0 Å². The first-order valence-corrected chi connectivity index (χ1v) is 14.1. The van der Waals surface area contributed by atoms with Gasteiger partial charge in [-0.2, -0.15) is 0 Å². The van der Waals surface area contributed by atoms with Crippen molar-refractivity contribution < 1.29 is 0 Å². The number of benzene rings is 5. The minimum absolute atomic E-state index is 0.432. The maximum absolute atomic E-state index is 2.56. The van der Waals surface area contributed by atoms with Crippen molar-refractivity contribution >= 4 is 80.6 Å². The zero-order chi connectivity index (χ0) is 24.8. The van der Waals surface area contributed by atoms with Crippen LogP contribution in [-0.4, -0.2) is 4.57 Å². The van der Waals surface area contributed by atoms with Gasteiger partial charge in [-0.15, -0.1) is 11.3 Å². The van der Waals surface area contributed by atoms with E-state index in [-0.39, 0.29) is 0 Å². The van der Waals surface area contributed by atoms with Crippen molar-refractivity contribution in [1.82, 2.24) is 4.57 Å². The van der Waals surface area contributed by atoms with Gasteiger partial charge in [0.2, 0.25) is 0 Å². The maximum atomic E-state index is 2.56. The molecule has 2 aliphatic rings. The Morgan fingerprint density at radius 2 is 1.39 bits per heavy atom. The van der Waals surface area contributed by atoms with Crippen molar-refractivity contribution in [3.63, 3.8) is 0 Å². The van der Waals surface area contributed by atoms with Crippen molar-refractivity contribution in [3.8, 4) is 0 Å². The van der Waals surface area contributed by atoms with Crippen LogP contribution in [0.1, 0.15) is 6.42 Å². The van der Waals surface area contributed by atoms with Crippen LogP contribution in [0.4, 0.5) is 0 Å². The number of hydrogen-bond donors (Lipinski definition) is 0. The molecule has 1 nitrogen and oxygen atoms in total. The highest BCUT2D eigenvalue weighted by atomic mass is 32.1. The minimum Gasteiger partial charge on any atom is -0.312 e. The van der Waals surface area contributed by atoms with Crippen molar-refractivity contribution in [1.29, 1.82) is 0 Å². The Bertz CT molecular complexity index is 2260. The molecule has 2 heteroatoms. The van der Waals surface area contributed by atoms with Crippen LogP contribution in [0, 0.1) is 5.92 Å². The quantitative estimate of drug-likeness (QED) is 0.197. The molecular weight excluding hydrogens is 478 g/mol. The molecule has 7 aromatic rings. The van der Waals surface area contributed by atoms with E-state index in [2.05, 4.69) is 126 Å². The Balaban J connectivity index is 1.50. The fourth-order valence-electron chi connectivity index (χ4n) is 6.85. The standard InChI is InChI=1S/C36H23NS/c1-2-10-23-21-24(18-17-22(23)9-1)37-31-15-7-5-14-29(31)33-30-20-19-28-25-11-6-8-16-32(25)38-36(28)34(30)26-12-3-4-13-27(26)35(33)37/h1-20,23H,21H2. The molecule has 0 amide bonds. The summed E-state index contributed by atoms with van der Waals surface area (Å²) >= 11 is 1.93. The van der Waals surface area contributed by atoms with Gasteiger partial charge < -0.3 is 4.57 Å². The predicted octanol–water partition coefficient (Wildman–Crippen LogP) is 10.4. The van der Waals surface area contributed by atoms with E-state index in [0.29, 0.717) is 5.92 Å². The molecule has 2 aliphatic carbocycles. The third kappa shape index (κ3) is 2.65. The summed E-state index contributed by atoms with van der Waals surface area (Å²) < 4.78 is 5.30. The minimum atomic E-state index is 0.432. The van der Waals surface area contributed by atoms with E-state index in [1.54, 1.807) is 0 Å². The van der Waals surface area contributed by atoms with Gasteiger partial charge >= 0.3 is 0 Å². The molecule has 0 aliphatic heterocycles. The number of thiophene rings is 1. The third-order valence-electron chi connectivity index (χ3n) is 8.50. The van der Waals surface area contributed by atoms with Crippen LogP contribution < -0.4 is 0 Å². The summed E-state index contributed by atoms with van der Waals surface area (Å²) in [6.45, 7) is 0. The summed E-state index contributed by atoms with van der Waals surface area (Å²) in [6, 6.07) is 31.6. The van der Waals surface area contributed by atoms with Crippen LogP contribution in [-0.2, 0) is 0 Å². The van der Waals surface area contributed by atoms with E-state index < -0.39 is 0 Å². The van der Waals surface area contributed by atoms with Crippen molar-refractivity contribution in [2.75, 3.05) is 0 Å². The van der Waals surface area contributed by atoms with Crippen LogP contribution in [0.15, 0.2) is 127 Å². The average Bonchev–Trinajstić information content (AvgIpc) is 3.53. The van der Waals surface area contributed by atoms with Crippen LogP contribution in [0.3, 0.4) is 0 Å². The van der Waals surface area contributed by atoms with E-state index in [4.69, 9.17) is 0 Å². The van der Waals surface area contributed by atoms with Crippen LogP contribution in [0.25, 0.3) is 69.2 Å². The summed E-state index contributed by atoms with van der Waals surface area (Å²) in [5.74, 6) is 0.432. The number of allylic oxidation sites excluding steroid dienone is 8. The molecule has 0 bridgehead atoms. The molecule has 0 spiro atoms. The van der Waals surface area contributed by atoms with E-state index in [0.717, 1.165) is 6.42 Å². The molecule has 1 atom stereocenters. The highest BCUT2D eigenvalue weighted by Crippen LogP contribution is 2.48. The second-order valence-corrected chi connectivity index (χ2v) is 11.5. The highest BCUT2D eigenvalue weighted by molar-refractivity contribution is 7.26. The zero-order valence-corrected chi connectivity index (χ0v) is 21.5. The predicted molar refractivity (Wildman–Crippen MR) is 166 cm³/mol. The molecule has 0 saturated carbocycles. The summed E-state index contributed by atoms with van der Waals surface area (Å²) in [5, 5.41) is 10.8. The van der Waals surface area contributed by atoms with Crippen molar-refractivity contribution in [3.05, 3.63) is 127 Å². The Morgan fingerprint density at radius 3 is 2.32 bits per heavy atom. The number of aromatic nitrogens is 1. The lowest BCUT2D eigenvalue weighted by Gasteiger charge is -2.24. The summed E-state index contributed by atoms with van der Waals surface area (Å²) in [5.41, 5.74) is 5.38. The molecule has 0 saturated heterocycles. The summed E-state index contributed by atoms with van der Waals surface area (Å²) in [6.07, 6.45) is 14.6. The fourth-order valence-corrected chi connectivity index (χ4v) is 8.12. The molecule has 178 valence electrons. The Kier molecular flexibility index (Phi) is 4.11. The summed E-state index contributed by atoms with van der Waals surface area (Å²) in [7, 11) is 0. The van der Waals surface area contributed by atoms with Gasteiger partial charge in [0.05, 0.1) is 11.0 Å². The number of para-hydroxylation sites is 1. The Hall–Kier alpha value is -4.40.